The van der Waals surface area contributed by atoms with Crippen LogP contribution in [-0.2, 0) is 10.0 Å². The van der Waals surface area contributed by atoms with Crippen molar-refractivity contribution in [2.45, 2.75) is 30.6 Å². The second-order valence-electron chi connectivity index (χ2n) is 7.42. The van der Waals surface area contributed by atoms with Crippen LogP contribution in [0.25, 0.3) is 0 Å². The molecule has 2 aliphatic heterocycles. The molecule has 0 radical (unpaired) electrons. The number of sulfonamides is 1. The fraction of sp³-hybridized carbons (Fsp3) is 0.381. The molecule has 0 unspecified atom stereocenters. The van der Waals surface area contributed by atoms with Crippen molar-refractivity contribution in [1.29, 1.82) is 0 Å². The Balaban J connectivity index is 1.61. The summed E-state index contributed by atoms with van der Waals surface area (Å²) in [5.41, 5.74) is 1.71. The van der Waals surface area contributed by atoms with Crippen LogP contribution in [0.3, 0.4) is 0 Å². The largest absolute Gasteiger partial charge is 0.370 e. The molecular weight excluding hydrogens is 393 g/mol. The number of para-hydroxylation sites is 2. The van der Waals surface area contributed by atoms with Gasteiger partial charge in [0.15, 0.2) is 0 Å². The summed E-state index contributed by atoms with van der Waals surface area (Å²) in [6.45, 7) is 2.62. The van der Waals surface area contributed by atoms with E-state index in [0.717, 1.165) is 56.6 Å². The molecule has 2 heterocycles. The van der Waals surface area contributed by atoms with Crippen molar-refractivity contribution in [2.24, 2.45) is 0 Å². The van der Waals surface area contributed by atoms with Crippen LogP contribution in [-0.4, -0.2) is 44.8 Å². The summed E-state index contributed by atoms with van der Waals surface area (Å²) in [5.74, 6) is -1.31. The van der Waals surface area contributed by atoms with Gasteiger partial charge in [0.05, 0.1) is 11.4 Å². The van der Waals surface area contributed by atoms with Crippen LogP contribution >= 0.6 is 0 Å². The first kappa shape index (κ1) is 19.8. The van der Waals surface area contributed by atoms with Gasteiger partial charge in [0.25, 0.3) is 5.91 Å². The Hall–Kier alpha value is -2.45. The maximum atomic E-state index is 14.3. The maximum absolute atomic E-state index is 14.3. The Morgan fingerprint density at radius 3 is 2.31 bits per heavy atom. The third kappa shape index (κ3) is 4.00. The van der Waals surface area contributed by atoms with E-state index >= 15 is 0 Å². The van der Waals surface area contributed by atoms with Crippen LogP contribution in [0.15, 0.2) is 47.4 Å². The molecular formula is C21H24FN3O3S. The van der Waals surface area contributed by atoms with E-state index in [1.807, 2.05) is 24.3 Å². The maximum Gasteiger partial charge on any atom is 0.255 e. The first-order valence-corrected chi connectivity index (χ1v) is 11.4. The molecule has 2 aliphatic rings. The summed E-state index contributed by atoms with van der Waals surface area (Å²) < 4.78 is 41.1. The topological polar surface area (TPSA) is 69.7 Å². The van der Waals surface area contributed by atoms with Gasteiger partial charge >= 0.3 is 0 Å². The van der Waals surface area contributed by atoms with Gasteiger partial charge in [0, 0.05) is 31.7 Å². The van der Waals surface area contributed by atoms with Crippen molar-refractivity contribution >= 4 is 27.3 Å². The number of nitrogens with one attached hydrogen (secondary N) is 1. The summed E-state index contributed by atoms with van der Waals surface area (Å²) in [6, 6.07) is 11.0. The first-order chi connectivity index (χ1) is 14.0. The summed E-state index contributed by atoms with van der Waals surface area (Å²) in [7, 11) is -3.95. The van der Waals surface area contributed by atoms with Crippen LogP contribution in [0.5, 0.6) is 0 Å². The van der Waals surface area contributed by atoms with Crippen molar-refractivity contribution in [3.63, 3.8) is 0 Å². The molecule has 0 aromatic heterocycles. The molecule has 2 aromatic carbocycles. The van der Waals surface area contributed by atoms with E-state index in [0.29, 0.717) is 18.8 Å². The number of benzene rings is 2. The van der Waals surface area contributed by atoms with Gasteiger partial charge in [-0.2, -0.15) is 4.31 Å². The summed E-state index contributed by atoms with van der Waals surface area (Å²) >= 11 is 0. The lowest BCUT2D eigenvalue weighted by Gasteiger charge is -2.21. The molecule has 0 spiro atoms. The number of halogens is 1. The number of hydrogen-bond acceptors (Lipinski definition) is 4. The Morgan fingerprint density at radius 1 is 0.931 bits per heavy atom. The second kappa shape index (κ2) is 8.12. The van der Waals surface area contributed by atoms with Gasteiger partial charge in [0.1, 0.15) is 10.7 Å². The highest BCUT2D eigenvalue weighted by Gasteiger charge is 2.30. The summed E-state index contributed by atoms with van der Waals surface area (Å²) in [5, 5.41) is 2.86. The second-order valence-corrected chi connectivity index (χ2v) is 9.33. The van der Waals surface area contributed by atoms with Crippen LogP contribution in [0.1, 0.15) is 36.0 Å². The molecule has 1 amide bonds. The lowest BCUT2D eigenvalue weighted by atomic mass is 10.2. The lowest BCUT2D eigenvalue weighted by Crippen LogP contribution is -2.29. The molecule has 8 heteroatoms. The number of anilines is 2. The van der Waals surface area contributed by atoms with Crippen LogP contribution in [0, 0.1) is 5.82 Å². The van der Waals surface area contributed by atoms with Crippen LogP contribution < -0.4 is 10.2 Å². The Labute approximate surface area is 170 Å². The van der Waals surface area contributed by atoms with Gasteiger partial charge in [0.2, 0.25) is 10.0 Å². The molecule has 29 heavy (non-hydrogen) atoms. The SMILES string of the molecule is O=C(Nc1ccccc1N1CCCC1)c1ccc(F)c(S(=O)(=O)N2CCCC2)c1. The average molecular weight is 418 g/mol. The zero-order valence-electron chi connectivity index (χ0n) is 16.1. The fourth-order valence-corrected chi connectivity index (χ4v) is 5.52. The van der Waals surface area contributed by atoms with Crippen molar-refractivity contribution in [3.8, 4) is 0 Å². The van der Waals surface area contributed by atoms with Gasteiger partial charge in [-0.1, -0.05) is 12.1 Å². The molecule has 0 aliphatic carbocycles. The van der Waals surface area contributed by atoms with E-state index in [1.54, 1.807) is 0 Å². The van der Waals surface area contributed by atoms with E-state index < -0.39 is 26.6 Å². The number of carbonyl (C=O) groups excluding carboxylic acids is 1. The predicted molar refractivity (Wildman–Crippen MR) is 110 cm³/mol. The van der Waals surface area contributed by atoms with Gasteiger partial charge in [-0.25, -0.2) is 12.8 Å². The molecule has 1 N–H and O–H groups in total. The fourth-order valence-electron chi connectivity index (χ4n) is 3.92. The van der Waals surface area contributed by atoms with E-state index in [-0.39, 0.29) is 5.56 Å². The van der Waals surface area contributed by atoms with Crippen molar-refractivity contribution in [1.82, 2.24) is 4.31 Å². The van der Waals surface area contributed by atoms with Gasteiger partial charge in [-0.05, 0) is 56.0 Å². The number of hydrogen-bond donors (Lipinski definition) is 1. The van der Waals surface area contributed by atoms with Crippen molar-refractivity contribution < 1.29 is 17.6 Å². The summed E-state index contributed by atoms with van der Waals surface area (Å²) in [4.78, 5) is 14.6. The van der Waals surface area contributed by atoms with Crippen LogP contribution in [0.2, 0.25) is 0 Å². The minimum absolute atomic E-state index is 0.111. The third-order valence-corrected chi connectivity index (χ3v) is 7.39. The lowest BCUT2D eigenvalue weighted by molar-refractivity contribution is 0.102. The minimum atomic E-state index is -3.95. The Kier molecular flexibility index (Phi) is 5.56. The summed E-state index contributed by atoms with van der Waals surface area (Å²) in [6.07, 6.45) is 3.73. The van der Waals surface area contributed by atoms with E-state index in [2.05, 4.69) is 10.2 Å². The highest BCUT2D eigenvalue weighted by atomic mass is 32.2. The zero-order chi connectivity index (χ0) is 20.4. The molecule has 4 rings (SSSR count). The van der Waals surface area contributed by atoms with Crippen molar-refractivity contribution in [2.75, 3.05) is 36.4 Å². The molecule has 0 saturated carbocycles. The Bertz CT molecular complexity index is 1010. The number of amides is 1. The third-order valence-electron chi connectivity index (χ3n) is 5.48. The van der Waals surface area contributed by atoms with Crippen LogP contribution in [0.4, 0.5) is 15.8 Å². The van der Waals surface area contributed by atoms with Gasteiger partial charge < -0.3 is 10.2 Å². The highest BCUT2D eigenvalue weighted by molar-refractivity contribution is 7.89. The van der Waals surface area contributed by atoms with Gasteiger partial charge in [-0.3, -0.25) is 4.79 Å². The smallest absolute Gasteiger partial charge is 0.255 e. The quantitative estimate of drug-likeness (QED) is 0.809. The monoisotopic (exact) mass is 417 g/mol. The number of nitrogens with zero attached hydrogens (tertiary/aromatic N) is 2. The van der Waals surface area contributed by atoms with E-state index in [4.69, 9.17) is 0 Å². The van der Waals surface area contributed by atoms with Gasteiger partial charge in [-0.15, -0.1) is 0 Å². The predicted octanol–water partition coefficient (Wildman–Crippen LogP) is 3.46. The molecule has 6 nitrogen and oxygen atoms in total. The zero-order valence-corrected chi connectivity index (χ0v) is 16.9. The van der Waals surface area contributed by atoms with Crippen molar-refractivity contribution in [3.05, 3.63) is 53.8 Å². The molecule has 2 aromatic rings. The molecule has 0 bridgehead atoms. The normalized spacial score (nSPS) is 17.6. The number of rotatable bonds is 5. The number of carbonyl (C=O) groups is 1. The highest BCUT2D eigenvalue weighted by Crippen LogP contribution is 2.30. The van der Waals surface area contributed by atoms with E-state index in [1.165, 1.54) is 10.4 Å². The minimum Gasteiger partial charge on any atom is -0.370 e. The first-order valence-electron chi connectivity index (χ1n) is 9.92. The molecule has 2 saturated heterocycles. The molecule has 0 atom stereocenters. The van der Waals surface area contributed by atoms with E-state index in [9.17, 15) is 17.6 Å². The molecule has 2 fully saturated rings. The molecule has 154 valence electrons. The Morgan fingerprint density at radius 2 is 1.59 bits per heavy atom. The standard InChI is InChI=1S/C21H24FN3O3S/c22-17-10-9-16(15-20(17)29(27,28)25-13-5-6-14-25)21(26)23-18-7-1-2-8-19(18)24-11-3-4-12-24/h1-2,7-10,15H,3-6,11-14H2,(H,23,26). The average Bonchev–Trinajstić information content (AvgIpc) is 3.43.